The molecule has 0 atom stereocenters. The highest BCUT2D eigenvalue weighted by Gasteiger charge is 2.22. The first-order valence-electron chi connectivity index (χ1n) is 7.91. The molecule has 2 amide bonds. The van der Waals surface area contributed by atoms with Gasteiger partial charge in [-0.2, -0.15) is 0 Å². The Kier molecular flexibility index (Phi) is 4.46. The average molecular weight is 325 g/mol. The molecule has 1 N–H and O–H groups in total. The van der Waals surface area contributed by atoms with Gasteiger partial charge in [0.15, 0.2) is 0 Å². The van der Waals surface area contributed by atoms with Gasteiger partial charge in [0, 0.05) is 38.0 Å². The fraction of sp³-hybridized carbons (Fsp3) is 0.278. The largest absolute Gasteiger partial charge is 0.457 e. The van der Waals surface area contributed by atoms with E-state index in [0.29, 0.717) is 30.3 Å². The number of hydrogen-bond acceptors (Lipinski definition) is 4. The van der Waals surface area contributed by atoms with Crippen molar-refractivity contribution in [2.75, 3.05) is 18.0 Å². The maximum absolute atomic E-state index is 11.8. The molecule has 1 aliphatic heterocycles. The van der Waals surface area contributed by atoms with Crippen LogP contribution in [0.15, 0.2) is 36.5 Å². The molecule has 0 fully saturated rings. The van der Waals surface area contributed by atoms with E-state index in [2.05, 4.69) is 10.3 Å². The Labute approximate surface area is 140 Å². The predicted octanol–water partition coefficient (Wildman–Crippen LogP) is 2.53. The third-order valence-electron chi connectivity index (χ3n) is 3.86. The van der Waals surface area contributed by atoms with Crippen LogP contribution >= 0.6 is 0 Å². The Morgan fingerprint density at radius 1 is 1.25 bits per heavy atom. The van der Waals surface area contributed by atoms with Gasteiger partial charge in [-0.1, -0.05) is 0 Å². The number of rotatable bonds is 4. The van der Waals surface area contributed by atoms with Gasteiger partial charge in [-0.15, -0.1) is 0 Å². The lowest BCUT2D eigenvalue weighted by atomic mass is 10.1. The molecule has 1 aliphatic rings. The second-order valence-electron chi connectivity index (χ2n) is 5.55. The fourth-order valence-electron chi connectivity index (χ4n) is 2.75. The van der Waals surface area contributed by atoms with Crippen molar-refractivity contribution in [3.8, 4) is 11.5 Å². The summed E-state index contributed by atoms with van der Waals surface area (Å²) in [7, 11) is 0. The molecule has 124 valence electrons. The van der Waals surface area contributed by atoms with E-state index in [4.69, 9.17) is 4.74 Å². The number of aromatic nitrogens is 1. The highest BCUT2D eigenvalue weighted by Crippen LogP contribution is 2.33. The fourth-order valence-corrected chi connectivity index (χ4v) is 2.75. The van der Waals surface area contributed by atoms with Crippen LogP contribution in [-0.4, -0.2) is 29.9 Å². The number of fused-ring (bicyclic) bond motifs is 1. The lowest BCUT2D eigenvalue weighted by molar-refractivity contribution is -0.116. The summed E-state index contributed by atoms with van der Waals surface area (Å²) in [4.78, 5) is 29.2. The number of carbonyl (C=O) groups is 2. The van der Waals surface area contributed by atoms with Gasteiger partial charge in [0.2, 0.25) is 5.91 Å². The van der Waals surface area contributed by atoms with E-state index in [1.807, 2.05) is 25.1 Å². The minimum Gasteiger partial charge on any atom is -0.457 e. The van der Waals surface area contributed by atoms with Crippen LogP contribution in [0.1, 0.15) is 29.9 Å². The van der Waals surface area contributed by atoms with E-state index in [9.17, 15) is 9.59 Å². The van der Waals surface area contributed by atoms with Gasteiger partial charge in [-0.3, -0.25) is 14.6 Å². The van der Waals surface area contributed by atoms with Crippen molar-refractivity contribution < 1.29 is 14.3 Å². The number of carbonyl (C=O) groups excluding carboxylic acids is 2. The van der Waals surface area contributed by atoms with Gasteiger partial charge >= 0.3 is 0 Å². The van der Waals surface area contributed by atoms with Crippen molar-refractivity contribution in [2.24, 2.45) is 0 Å². The molecule has 0 unspecified atom stereocenters. The highest BCUT2D eigenvalue weighted by atomic mass is 16.5. The quantitative estimate of drug-likeness (QED) is 0.937. The van der Waals surface area contributed by atoms with E-state index in [1.165, 1.54) is 0 Å². The molecule has 0 saturated carbocycles. The number of nitrogens with one attached hydrogen (secondary N) is 1. The summed E-state index contributed by atoms with van der Waals surface area (Å²) < 4.78 is 5.84. The Balaban J connectivity index is 1.79. The van der Waals surface area contributed by atoms with Gasteiger partial charge in [-0.25, -0.2) is 0 Å². The van der Waals surface area contributed by atoms with Crippen LogP contribution in [0.2, 0.25) is 0 Å². The summed E-state index contributed by atoms with van der Waals surface area (Å²) >= 11 is 0. The monoisotopic (exact) mass is 325 g/mol. The molecular weight excluding hydrogens is 306 g/mol. The molecule has 0 spiro atoms. The Hall–Kier alpha value is -2.89. The van der Waals surface area contributed by atoms with Crippen LogP contribution in [-0.2, 0) is 11.2 Å². The van der Waals surface area contributed by atoms with Gasteiger partial charge < -0.3 is 15.0 Å². The van der Waals surface area contributed by atoms with Crippen molar-refractivity contribution in [3.05, 3.63) is 47.8 Å². The second kappa shape index (κ2) is 6.70. The normalized spacial score (nSPS) is 12.7. The van der Waals surface area contributed by atoms with Gasteiger partial charge in [0.25, 0.3) is 5.91 Å². The van der Waals surface area contributed by atoms with E-state index in [0.717, 1.165) is 17.7 Å². The lowest BCUT2D eigenvalue weighted by Crippen LogP contribution is -2.25. The zero-order chi connectivity index (χ0) is 17.1. The van der Waals surface area contributed by atoms with Gasteiger partial charge in [-0.05, 0) is 43.2 Å². The van der Waals surface area contributed by atoms with E-state index in [-0.39, 0.29) is 11.8 Å². The summed E-state index contributed by atoms with van der Waals surface area (Å²) in [6, 6.07) is 8.97. The number of nitrogens with zero attached hydrogens (tertiary/aromatic N) is 2. The molecule has 0 radical (unpaired) electrons. The van der Waals surface area contributed by atoms with E-state index < -0.39 is 0 Å². The Bertz CT molecular complexity index is 789. The summed E-state index contributed by atoms with van der Waals surface area (Å²) in [6.45, 7) is 4.67. The zero-order valence-electron chi connectivity index (χ0n) is 13.7. The number of amides is 2. The summed E-state index contributed by atoms with van der Waals surface area (Å²) in [6.07, 6.45) is 2.36. The first kappa shape index (κ1) is 16.0. The first-order chi connectivity index (χ1) is 11.6. The molecule has 2 aromatic rings. The molecule has 0 saturated heterocycles. The molecule has 0 aliphatic carbocycles. The number of ether oxygens (including phenoxy) is 1. The standard InChI is InChI=1S/C18H19N3O3/c1-3-19-18(23)16-11-15(6-8-20-16)24-14-4-5-17-13(10-14)7-9-21(17)12(2)22/h4-6,8,10-11H,3,7,9H2,1-2H3,(H,19,23). The van der Waals surface area contributed by atoms with Crippen LogP contribution in [0.25, 0.3) is 0 Å². The van der Waals surface area contributed by atoms with Crippen LogP contribution in [0.4, 0.5) is 5.69 Å². The molecule has 1 aromatic carbocycles. The molecule has 24 heavy (non-hydrogen) atoms. The number of anilines is 1. The third kappa shape index (κ3) is 3.22. The molecule has 1 aromatic heterocycles. The summed E-state index contributed by atoms with van der Waals surface area (Å²) in [5.41, 5.74) is 2.34. The maximum atomic E-state index is 11.8. The third-order valence-corrected chi connectivity index (χ3v) is 3.86. The second-order valence-corrected chi connectivity index (χ2v) is 5.55. The molecule has 3 rings (SSSR count). The maximum Gasteiger partial charge on any atom is 0.270 e. The van der Waals surface area contributed by atoms with Crippen LogP contribution < -0.4 is 15.0 Å². The Morgan fingerprint density at radius 2 is 2.04 bits per heavy atom. The summed E-state index contributed by atoms with van der Waals surface area (Å²) in [5, 5.41) is 2.71. The van der Waals surface area contributed by atoms with Gasteiger partial charge in [0.1, 0.15) is 17.2 Å². The highest BCUT2D eigenvalue weighted by molar-refractivity contribution is 5.94. The van der Waals surface area contributed by atoms with Crippen LogP contribution in [0.3, 0.4) is 0 Å². The Morgan fingerprint density at radius 3 is 2.79 bits per heavy atom. The van der Waals surface area contributed by atoms with E-state index >= 15 is 0 Å². The minimum atomic E-state index is -0.228. The number of benzene rings is 1. The molecule has 6 heteroatoms. The molecule has 0 bridgehead atoms. The number of pyridine rings is 1. The lowest BCUT2D eigenvalue weighted by Gasteiger charge is -2.15. The van der Waals surface area contributed by atoms with Crippen molar-refractivity contribution in [2.45, 2.75) is 20.3 Å². The van der Waals surface area contributed by atoms with Crippen molar-refractivity contribution in [1.82, 2.24) is 10.3 Å². The summed E-state index contributed by atoms with van der Waals surface area (Å²) in [5.74, 6) is 1.04. The molecular formula is C18H19N3O3. The minimum absolute atomic E-state index is 0.0446. The molecule has 6 nitrogen and oxygen atoms in total. The zero-order valence-corrected chi connectivity index (χ0v) is 13.7. The predicted molar refractivity (Wildman–Crippen MR) is 90.5 cm³/mol. The smallest absolute Gasteiger partial charge is 0.270 e. The van der Waals surface area contributed by atoms with Crippen molar-refractivity contribution in [1.29, 1.82) is 0 Å². The van der Waals surface area contributed by atoms with Crippen LogP contribution in [0, 0.1) is 0 Å². The van der Waals surface area contributed by atoms with Crippen molar-refractivity contribution in [3.63, 3.8) is 0 Å². The first-order valence-corrected chi connectivity index (χ1v) is 7.91. The SMILES string of the molecule is CCNC(=O)c1cc(Oc2ccc3c(c2)CCN3C(C)=O)ccn1. The van der Waals surface area contributed by atoms with E-state index in [1.54, 1.807) is 30.2 Å². The van der Waals surface area contributed by atoms with Crippen molar-refractivity contribution >= 4 is 17.5 Å². The number of hydrogen-bond donors (Lipinski definition) is 1. The average Bonchev–Trinajstić information content (AvgIpc) is 2.99. The van der Waals surface area contributed by atoms with Crippen LogP contribution in [0.5, 0.6) is 11.5 Å². The van der Waals surface area contributed by atoms with Gasteiger partial charge in [0.05, 0.1) is 0 Å². The topological polar surface area (TPSA) is 71.5 Å². The molecule has 2 heterocycles.